The number of nitrogens with zero attached hydrogens (tertiary/aromatic N) is 1. The van der Waals surface area contributed by atoms with E-state index in [1.807, 2.05) is 48.7 Å². The van der Waals surface area contributed by atoms with Crippen LogP contribution < -0.4 is 10.6 Å². The molecule has 3 N–H and O–H groups in total. The van der Waals surface area contributed by atoms with Crippen molar-refractivity contribution < 1.29 is 14.3 Å². The van der Waals surface area contributed by atoms with Gasteiger partial charge in [0.25, 0.3) is 0 Å². The molecule has 0 radical (unpaired) electrons. The molecule has 0 spiro atoms. The van der Waals surface area contributed by atoms with Crippen LogP contribution in [0, 0.1) is 11.8 Å². The van der Waals surface area contributed by atoms with Crippen LogP contribution in [0.15, 0.2) is 54.9 Å². The van der Waals surface area contributed by atoms with E-state index >= 15 is 0 Å². The molecule has 2 amide bonds. The minimum atomic E-state index is -0.396. The average molecular weight is 406 g/mol. The number of hydrogen-bond donors (Lipinski definition) is 3. The van der Waals surface area contributed by atoms with E-state index in [0.29, 0.717) is 12.5 Å². The number of rotatable bonds is 6. The van der Waals surface area contributed by atoms with E-state index in [4.69, 9.17) is 4.74 Å². The minimum absolute atomic E-state index is 0.00607. The number of alkyl carbamates (subject to hydrolysis) is 1. The topological polar surface area (TPSA) is 96.1 Å². The number of nitrogens with one attached hydrogen (secondary N) is 3. The fourth-order valence-corrected chi connectivity index (χ4v) is 3.94. The highest BCUT2D eigenvalue weighted by molar-refractivity contribution is 6.00. The van der Waals surface area contributed by atoms with Crippen molar-refractivity contribution in [2.75, 3.05) is 11.9 Å². The molecule has 1 aliphatic carbocycles. The predicted octanol–water partition coefficient (Wildman–Crippen LogP) is 4.23. The molecule has 1 aliphatic rings. The summed E-state index contributed by atoms with van der Waals surface area (Å²) < 4.78 is 5.25. The molecule has 30 heavy (non-hydrogen) atoms. The first-order chi connectivity index (χ1) is 14.7. The third-order valence-corrected chi connectivity index (χ3v) is 5.68. The zero-order valence-electron chi connectivity index (χ0n) is 16.8. The van der Waals surface area contributed by atoms with Gasteiger partial charge in [-0.2, -0.15) is 0 Å². The number of aromatic nitrogens is 2. The maximum Gasteiger partial charge on any atom is 0.407 e. The van der Waals surface area contributed by atoms with Crippen LogP contribution in [0.25, 0.3) is 11.0 Å². The molecule has 0 bridgehead atoms. The van der Waals surface area contributed by atoms with Crippen LogP contribution in [0.4, 0.5) is 10.5 Å². The molecule has 1 fully saturated rings. The molecule has 2 aromatic heterocycles. The number of ether oxygens (including phenoxy) is 1. The number of fused-ring (bicyclic) bond motifs is 1. The second kappa shape index (κ2) is 9.43. The number of benzene rings is 1. The number of anilines is 1. The number of pyridine rings is 1. The summed E-state index contributed by atoms with van der Waals surface area (Å²) in [4.78, 5) is 31.9. The lowest BCUT2D eigenvalue weighted by atomic mass is 9.81. The Balaban J connectivity index is 1.19. The van der Waals surface area contributed by atoms with Gasteiger partial charge >= 0.3 is 6.09 Å². The van der Waals surface area contributed by atoms with Gasteiger partial charge in [-0.1, -0.05) is 30.3 Å². The molecule has 1 aromatic carbocycles. The Bertz CT molecular complexity index is 994. The van der Waals surface area contributed by atoms with E-state index in [9.17, 15) is 9.59 Å². The normalized spacial score (nSPS) is 18.7. The van der Waals surface area contributed by atoms with Gasteiger partial charge < -0.3 is 20.4 Å². The number of carbonyl (C=O) groups excluding carboxylic acids is 2. The first-order valence-electron chi connectivity index (χ1n) is 10.4. The largest absolute Gasteiger partial charge is 0.445 e. The first-order valence-corrected chi connectivity index (χ1v) is 10.4. The smallest absolute Gasteiger partial charge is 0.407 e. The van der Waals surface area contributed by atoms with Crippen molar-refractivity contribution in [1.82, 2.24) is 15.3 Å². The van der Waals surface area contributed by atoms with Crippen molar-refractivity contribution in [2.24, 2.45) is 11.8 Å². The van der Waals surface area contributed by atoms with Gasteiger partial charge in [-0.3, -0.25) is 4.79 Å². The van der Waals surface area contributed by atoms with Gasteiger partial charge in [-0.15, -0.1) is 0 Å². The maximum absolute atomic E-state index is 12.7. The molecule has 7 heteroatoms. The number of H-pyrrole nitrogens is 1. The van der Waals surface area contributed by atoms with Crippen LogP contribution in [0.5, 0.6) is 0 Å². The zero-order valence-corrected chi connectivity index (χ0v) is 16.8. The molecular formula is C23H26N4O3. The molecule has 0 saturated heterocycles. The first kappa shape index (κ1) is 19.9. The van der Waals surface area contributed by atoms with E-state index in [-0.39, 0.29) is 18.4 Å². The monoisotopic (exact) mass is 406 g/mol. The van der Waals surface area contributed by atoms with Crippen LogP contribution in [-0.2, 0) is 16.1 Å². The van der Waals surface area contributed by atoms with Crippen molar-refractivity contribution in [1.29, 1.82) is 0 Å². The average Bonchev–Trinajstić information content (AvgIpc) is 3.27. The van der Waals surface area contributed by atoms with Crippen LogP contribution in [0.3, 0.4) is 0 Å². The highest BCUT2D eigenvalue weighted by atomic mass is 16.5. The van der Waals surface area contributed by atoms with Crippen LogP contribution in [0.2, 0.25) is 0 Å². The fraction of sp³-hybridized carbons (Fsp3) is 0.348. The predicted molar refractivity (Wildman–Crippen MR) is 115 cm³/mol. The summed E-state index contributed by atoms with van der Waals surface area (Å²) in [6.45, 7) is 0.847. The summed E-state index contributed by atoms with van der Waals surface area (Å²) in [7, 11) is 0. The standard InChI is InChI=1S/C23H26N4O3/c28-22(27-20-11-13-25-21-19(20)10-12-24-21)18-8-6-16(7-9-18)14-26-23(29)30-15-17-4-2-1-3-5-17/h1-5,10-13,16,18H,6-9,14-15H2,(H,26,29)(H2,24,25,27,28)/t16-,18-. The van der Waals surface area contributed by atoms with E-state index in [1.54, 1.807) is 6.20 Å². The van der Waals surface area contributed by atoms with Gasteiger partial charge in [0.15, 0.2) is 0 Å². The summed E-state index contributed by atoms with van der Waals surface area (Å²) in [6, 6.07) is 13.3. The summed E-state index contributed by atoms with van der Waals surface area (Å²) in [5.41, 5.74) is 2.52. The summed E-state index contributed by atoms with van der Waals surface area (Å²) in [5.74, 6) is 0.418. The van der Waals surface area contributed by atoms with Gasteiger partial charge in [0, 0.05) is 30.2 Å². The fourth-order valence-electron chi connectivity index (χ4n) is 3.94. The van der Waals surface area contributed by atoms with Gasteiger partial charge in [0.05, 0.1) is 5.69 Å². The van der Waals surface area contributed by atoms with E-state index in [0.717, 1.165) is 48.0 Å². The molecule has 2 heterocycles. The lowest BCUT2D eigenvalue weighted by molar-refractivity contribution is -0.121. The summed E-state index contributed by atoms with van der Waals surface area (Å²) in [6.07, 6.45) is 6.56. The Morgan fingerprint density at radius 2 is 1.87 bits per heavy atom. The highest BCUT2D eigenvalue weighted by Gasteiger charge is 2.27. The minimum Gasteiger partial charge on any atom is -0.445 e. The molecule has 7 nitrogen and oxygen atoms in total. The molecule has 1 saturated carbocycles. The molecule has 3 aromatic rings. The summed E-state index contributed by atoms with van der Waals surface area (Å²) in [5, 5.41) is 6.82. The van der Waals surface area contributed by atoms with Gasteiger partial charge in [-0.05, 0) is 49.3 Å². The number of hydrogen-bond acceptors (Lipinski definition) is 4. The van der Waals surface area contributed by atoms with Crippen molar-refractivity contribution in [3.05, 3.63) is 60.4 Å². The molecule has 0 aliphatic heterocycles. The maximum atomic E-state index is 12.7. The molecule has 0 atom stereocenters. The van der Waals surface area contributed by atoms with Crippen molar-refractivity contribution in [3.63, 3.8) is 0 Å². The number of carbonyl (C=O) groups is 2. The Kier molecular flexibility index (Phi) is 6.27. The second-order valence-electron chi connectivity index (χ2n) is 7.75. The van der Waals surface area contributed by atoms with E-state index < -0.39 is 6.09 Å². The number of aromatic amines is 1. The SMILES string of the molecule is O=C(NC[C@H]1CC[C@H](C(=O)Nc2ccnc3[nH]ccc23)CC1)OCc1ccccc1. The molecule has 156 valence electrons. The summed E-state index contributed by atoms with van der Waals surface area (Å²) >= 11 is 0. The Labute approximate surface area is 175 Å². The number of amides is 2. The zero-order chi connectivity index (χ0) is 20.8. The second-order valence-corrected chi connectivity index (χ2v) is 7.75. The third kappa shape index (κ3) is 4.97. The lowest BCUT2D eigenvalue weighted by Crippen LogP contribution is -2.34. The van der Waals surface area contributed by atoms with E-state index in [1.165, 1.54) is 0 Å². The Hall–Kier alpha value is -3.35. The van der Waals surface area contributed by atoms with Gasteiger partial charge in [-0.25, -0.2) is 9.78 Å². The van der Waals surface area contributed by atoms with Crippen molar-refractivity contribution in [3.8, 4) is 0 Å². The molecular weight excluding hydrogens is 380 g/mol. The van der Waals surface area contributed by atoms with Crippen LogP contribution in [0.1, 0.15) is 31.2 Å². The van der Waals surface area contributed by atoms with E-state index in [2.05, 4.69) is 20.6 Å². The van der Waals surface area contributed by atoms with Crippen molar-refractivity contribution in [2.45, 2.75) is 32.3 Å². The molecule has 0 unspecified atom stereocenters. The van der Waals surface area contributed by atoms with Gasteiger partial charge in [0.1, 0.15) is 12.3 Å². The lowest BCUT2D eigenvalue weighted by Gasteiger charge is -2.27. The Morgan fingerprint density at radius 1 is 1.07 bits per heavy atom. The third-order valence-electron chi connectivity index (χ3n) is 5.68. The highest BCUT2D eigenvalue weighted by Crippen LogP contribution is 2.30. The van der Waals surface area contributed by atoms with Crippen LogP contribution in [-0.4, -0.2) is 28.5 Å². The van der Waals surface area contributed by atoms with Crippen molar-refractivity contribution >= 4 is 28.7 Å². The quantitative estimate of drug-likeness (QED) is 0.571. The molecule has 4 rings (SSSR count). The Morgan fingerprint density at radius 3 is 2.67 bits per heavy atom. The van der Waals surface area contributed by atoms with Gasteiger partial charge in [0.2, 0.25) is 5.91 Å². The van der Waals surface area contributed by atoms with Crippen LogP contribution >= 0.6 is 0 Å².